The molecule has 0 radical (unpaired) electrons. The van der Waals surface area contributed by atoms with Gasteiger partial charge in [-0.15, -0.1) is 0 Å². The summed E-state index contributed by atoms with van der Waals surface area (Å²) in [7, 11) is 0. The largest absolute Gasteiger partial charge is 0.382 e. The Labute approximate surface area is 145 Å². The number of aromatic amines is 1. The van der Waals surface area contributed by atoms with Crippen LogP contribution in [0, 0.1) is 0 Å². The number of hydrogen-bond donors (Lipinski definition) is 3. The van der Waals surface area contributed by atoms with Gasteiger partial charge >= 0.3 is 0 Å². The second-order valence-corrected chi connectivity index (χ2v) is 5.96. The summed E-state index contributed by atoms with van der Waals surface area (Å²) in [6.07, 6.45) is 2.79. The lowest BCUT2D eigenvalue weighted by atomic mass is 10.0. The molecule has 25 heavy (non-hydrogen) atoms. The predicted octanol–water partition coefficient (Wildman–Crippen LogP) is 3.86. The number of aromatic nitrogens is 3. The van der Waals surface area contributed by atoms with Gasteiger partial charge in [-0.1, -0.05) is 36.4 Å². The van der Waals surface area contributed by atoms with Gasteiger partial charge in [0.25, 0.3) is 0 Å². The fraction of sp³-hybridized carbons (Fsp3) is 0.100. The lowest BCUT2D eigenvalue weighted by molar-refractivity contribution is 1.01. The van der Waals surface area contributed by atoms with E-state index in [1.165, 1.54) is 5.56 Å². The number of pyridine rings is 1. The van der Waals surface area contributed by atoms with Crippen molar-refractivity contribution in [1.82, 2.24) is 15.2 Å². The standard InChI is InChI=1S/C20H19N5/c21-20-17-12-15(6-7-18(17)24-25-20)16-9-11-23-19(13-16)22-10-8-14-4-2-1-3-5-14/h1-7,9,11-13H,8,10H2,(H,22,23)(H3,21,24,25). The van der Waals surface area contributed by atoms with Crippen LogP contribution in [-0.2, 0) is 6.42 Å². The molecule has 0 aliphatic rings. The molecule has 0 unspecified atom stereocenters. The van der Waals surface area contributed by atoms with Crippen LogP contribution in [0.5, 0.6) is 0 Å². The third-order valence-corrected chi connectivity index (χ3v) is 4.25. The molecule has 0 aliphatic heterocycles. The quantitative estimate of drug-likeness (QED) is 0.519. The molecule has 2 heterocycles. The highest BCUT2D eigenvalue weighted by Crippen LogP contribution is 2.27. The Hall–Kier alpha value is -3.34. The van der Waals surface area contributed by atoms with Gasteiger partial charge in [0.2, 0.25) is 0 Å². The summed E-state index contributed by atoms with van der Waals surface area (Å²) in [6.45, 7) is 0.841. The van der Waals surface area contributed by atoms with Crippen molar-refractivity contribution in [3.05, 3.63) is 72.4 Å². The number of nitrogen functional groups attached to an aromatic ring is 1. The van der Waals surface area contributed by atoms with E-state index < -0.39 is 0 Å². The van der Waals surface area contributed by atoms with Gasteiger partial charge in [0.15, 0.2) is 5.82 Å². The number of nitrogens with zero attached hydrogens (tertiary/aromatic N) is 2. The Bertz CT molecular complexity index is 991. The van der Waals surface area contributed by atoms with E-state index in [-0.39, 0.29) is 0 Å². The monoisotopic (exact) mass is 329 g/mol. The highest BCUT2D eigenvalue weighted by Gasteiger charge is 2.06. The molecule has 0 fully saturated rings. The molecule has 2 aromatic heterocycles. The zero-order valence-electron chi connectivity index (χ0n) is 13.7. The zero-order chi connectivity index (χ0) is 17.1. The maximum Gasteiger partial charge on any atom is 0.153 e. The van der Waals surface area contributed by atoms with Crippen LogP contribution in [0.1, 0.15) is 5.56 Å². The summed E-state index contributed by atoms with van der Waals surface area (Å²) in [5.41, 5.74) is 10.3. The van der Waals surface area contributed by atoms with Gasteiger partial charge in [-0.3, -0.25) is 5.10 Å². The Balaban J connectivity index is 1.51. The van der Waals surface area contributed by atoms with Crippen molar-refractivity contribution in [2.45, 2.75) is 6.42 Å². The van der Waals surface area contributed by atoms with E-state index in [0.717, 1.165) is 40.8 Å². The van der Waals surface area contributed by atoms with Crippen molar-refractivity contribution in [1.29, 1.82) is 0 Å². The molecule has 0 spiro atoms. The molecule has 4 aromatic rings. The minimum atomic E-state index is 0.520. The molecular weight excluding hydrogens is 310 g/mol. The average Bonchev–Trinajstić information content (AvgIpc) is 3.03. The zero-order valence-corrected chi connectivity index (χ0v) is 13.7. The number of nitrogens with two attached hydrogens (primary N) is 1. The van der Waals surface area contributed by atoms with Gasteiger partial charge in [0.05, 0.1) is 5.52 Å². The molecule has 0 saturated carbocycles. The maximum atomic E-state index is 5.91. The molecule has 0 aliphatic carbocycles. The van der Waals surface area contributed by atoms with Crippen molar-refractivity contribution in [2.75, 3.05) is 17.6 Å². The van der Waals surface area contributed by atoms with E-state index in [2.05, 4.69) is 63.0 Å². The van der Waals surface area contributed by atoms with Crippen LogP contribution in [0.25, 0.3) is 22.0 Å². The van der Waals surface area contributed by atoms with Crippen molar-refractivity contribution in [3.8, 4) is 11.1 Å². The normalized spacial score (nSPS) is 10.9. The third kappa shape index (κ3) is 3.30. The second kappa shape index (κ2) is 6.65. The average molecular weight is 329 g/mol. The SMILES string of the molecule is Nc1n[nH]c2ccc(-c3ccnc(NCCc4ccccc4)c3)cc12. The lowest BCUT2D eigenvalue weighted by Crippen LogP contribution is -2.06. The minimum absolute atomic E-state index is 0.520. The molecular formula is C20H19N5. The van der Waals surface area contributed by atoms with Crippen LogP contribution in [0.4, 0.5) is 11.6 Å². The van der Waals surface area contributed by atoms with Crippen LogP contribution in [0.15, 0.2) is 66.9 Å². The smallest absolute Gasteiger partial charge is 0.153 e. The van der Waals surface area contributed by atoms with E-state index in [1.54, 1.807) is 0 Å². The number of fused-ring (bicyclic) bond motifs is 1. The minimum Gasteiger partial charge on any atom is -0.382 e. The van der Waals surface area contributed by atoms with Crippen LogP contribution < -0.4 is 11.1 Å². The topological polar surface area (TPSA) is 79.6 Å². The van der Waals surface area contributed by atoms with Gasteiger partial charge in [0.1, 0.15) is 5.82 Å². The summed E-state index contributed by atoms with van der Waals surface area (Å²) in [5, 5.41) is 11.3. The second-order valence-electron chi connectivity index (χ2n) is 5.96. The van der Waals surface area contributed by atoms with Crippen LogP contribution in [0.3, 0.4) is 0 Å². The van der Waals surface area contributed by atoms with Crippen LogP contribution in [-0.4, -0.2) is 21.7 Å². The van der Waals surface area contributed by atoms with E-state index in [1.807, 2.05) is 24.4 Å². The fourth-order valence-electron chi connectivity index (χ4n) is 2.90. The molecule has 124 valence electrons. The van der Waals surface area contributed by atoms with Crippen molar-refractivity contribution in [3.63, 3.8) is 0 Å². The highest BCUT2D eigenvalue weighted by molar-refractivity contribution is 5.92. The highest BCUT2D eigenvalue weighted by atomic mass is 15.1. The molecule has 0 bridgehead atoms. The lowest BCUT2D eigenvalue weighted by Gasteiger charge is -2.08. The van der Waals surface area contributed by atoms with Gasteiger partial charge < -0.3 is 11.1 Å². The number of nitrogens with one attached hydrogen (secondary N) is 2. The van der Waals surface area contributed by atoms with E-state index in [9.17, 15) is 0 Å². The molecule has 0 atom stereocenters. The Morgan fingerprint density at radius 2 is 1.80 bits per heavy atom. The molecule has 0 saturated heterocycles. The van der Waals surface area contributed by atoms with Crippen LogP contribution >= 0.6 is 0 Å². The van der Waals surface area contributed by atoms with Gasteiger partial charge in [0, 0.05) is 18.1 Å². The fourth-order valence-corrected chi connectivity index (χ4v) is 2.90. The summed E-state index contributed by atoms with van der Waals surface area (Å²) in [5.74, 6) is 1.39. The summed E-state index contributed by atoms with van der Waals surface area (Å²) in [4.78, 5) is 4.41. The number of benzene rings is 2. The molecule has 0 amide bonds. The molecule has 4 N–H and O–H groups in total. The van der Waals surface area contributed by atoms with Gasteiger partial charge in [-0.25, -0.2) is 4.98 Å². The molecule has 4 rings (SSSR count). The Kier molecular flexibility index (Phi) is 4.04. The molecule has 5 heteroatoms. The summed E-state index contributed by atoms with van der Waals surface area (Å²) >= 11 is 0. The van der Waals surface area contributed by atoms with Crippen molar-refractivity contribution in [2.24, 2.45) is 0 Å². The van der Waals surface area contributed by atoms with E-state index in [0.29, 0.717) is 5.82 Å². The van der Waals surface area contributed by atoms with Gasteiger partial charge in [-0.2, -0.15) is 5.10 Å². The molecule has 2 aromatic carbocycles. The number of hydrogen-bond acceptors (Lipinski definition) is 4. The molecule has 5 nitrogen and oxygen atoms in total. The van der Waals surface area contributed by atoms with Crippen molar-refractivity contribution >= 4 is 22.5 Å². The number of H-pyrrole nitrogens is 1. The van der Waals surface area contributed by atoms with Crippen LogP contribution in [0.2, 0.25) is 0 Å². The first-order valence-corrected chi connectivity index (χ1v) is 8.27. The first kappa shape index (κ1) is 15.2. The van der Waals surface area contributed by atoms with Crippen molar-refractivity contribution < 1.29 is 0 Å². The number of rotatable bonds is 5. The van der Waals surface area contributed by atoms with E-state index in [4.69, 9.17) is 5.73 Å². The van der Waals surface area contributed by atoms with Gasteiger partial charge in [-0.05, 0) is 47.4 Å². The first-order valence-electron chi connectivity index (χ1n) is 8.27. The Morgan fingerprint density at radius 1 is 0.960 bits per heavy atom. The third-order valence-electron chi connectivity index (χ3n) is 4.25. The predicted molar refractivity (Wildman–Crippen MR) is 102 cm³/mol. The first-order chi connectivity index (χ1) is 12.3. The van der Waals surface area contributed by atoms with E-state index >= 15 is 0 Å². The summed E-state index contributed by atoms with van der Waals surface area (Å²) < 4.78 is 0. The number of anilines is 2. The summed E-state index contributed by atoms with van der Waals surface area (Å²) in [6, 6.07) is 20.6. The maximum absolute atomic E-state index is 5.91. The Morgan fingerprint density at radius 3 is 2.68 bits per heavy atom.